The summed E-state index contributed by atoms with van der Waals surface area (Å²) >= 11 is 3.92. The summed E-state index contributed by atoms with van der Waals surface area (Å²) in [4.78, 5) is -3.83. The minimum Gasteiger partial charge on any atom is -0.362 e. The Kier molecular flexibility index (Phi) is 18.2. The van der Waals surface area contributed by atoms with Crippen molar-refractivity contribution in [3.05, 3.63) is 23.8 Å². The molecule has 2 saturated heterocycles. The fraction of sp³-hybridized carbons (Fsp3) is 0.667. The molecule has 67 heavy (non-hydrogen) atoms. The predicted octanol–water partition coefficient (Wildman–Crippen LogP) is -5.78. The van der Waals surface area contributed by atoms with Crippen LogP contribution in [0.1, 0.15) is 5.56 Å². The number of rotatable bonds is 23. The van der Waals surface area contributed by atoms with Crippen molar-refractivity contribution in [1.29, 1.82) is 0 Å². The molecule has 2 heterocycles. The molecule has 1 aromatic carbocycles. The van der Waals surface area contributed by atoms with Crippen LogP contribution in [-0.4, -0.2) is 185 Å². The van der Waals surface area contributed by atoms with Gasteiger partial charge in [0.15, 0.2) is 29.2 Å². The van der Waals surface area contributed by atoms with Crippen molar-refractivity contribution in [3.8, 4) is 11.5 Å². The highest BCUT2D eigenvalue weighted by Gasteiger charge is 2.63. The van der Waals surface area contributed by atoms with Gasteiger partial charge in [-0.3, -0.25) is 41.0 Å². The molecule has 0 amide bonds. The second kappa shape index (κ2) is 20.6. The van der Waals surface area contributed by atoms with E-state index in [4.69, 9.17) is 18.8 Å². The molecule has 49 heteroatoms. The van der Waals surface area contributed by atoms with Gasteiger partial charge in [0.2, 0.25) is 0 Å². The normalized spacial score (nSPS) is 28.7. The third-order valence-electron chi connectivity index (χ3n) is 7.24. The van der Waals surface area contributed by atoms with Gasteiger partial charge in [0, 0.05) is 5.56 Å². The maximum atomic E-state index is 12.4. The second-order valence-corrected chi connectivity index (χ2v) is 22.1. The highest BCUT2D eigenvalue weighted by atomic mass is 32.3. The maximum Gasteiger partial charge on any atom is 0.446 e. The molecule has 1 aromatic rings. The highest BCUT2D eigenvalue weighted by Crippen LogP contribution is 2.50. The number of benzene rings is 1. The van der Waals surface area contributed by atoms with Crippen molar-refractivity contribution in [3.63, 3.8) is 0 Å². The molecule has 9 N–H and O–H groups in total. The Morgan fingerprint density at radius 3 is 1.33 bits per heavy atom. The van der Waals surface area contributed by atoms with Crippen LogP contribution in [0.5, 0.6) is 11.5 Å². The van der Waals surface area contributed by atoms with Gasteiger partial charge in [0.05, 0.1) is 13.2 Å². The van der Waals surface area contributed by atoms with E-state index in [2.05, 4.69) is 50.3 Å². The van der Waals surface area contributed by atoms with E-state index in [1.165, 1.54) is 0 Å². The molecule has 0 aromatic heterocycles. The second-order valence-electron chi connectivity index (χ2n) is 12.0. The van der Waals surface area contributed by atoms with Gasteiger partial charge in [0.25, 0.3) is 0 Å². The molecule has 0 radical (unpaired) electrons. The first-order valence-corrected chi connectivity index (χ1v) is 28.1. The van der Waals surface area contributed by atoms with Crippen LogP contribution < -0.4 is 8.37 Å². The van der Waals surface area contributed by atoms with Gasteiger partial charge in [0.1, 0.15) is 42.4 Å². The maximum absolute atomic E-state index is 12.4. The van der Waals surface area contributed by atoms with Crippen LogP contribution in [0.3, 0.4) is 0 Å². The average Bonchev–Trinajstić information content (AvgIpc) is 3.04. The van der Waals surface area contributed by atoms with Crippen LogP contribution in [0.25, 0.3) is 0 Å². The zero-order valence-electron chi connectivity index (χ0n) is 30.7. The van der Waals surface area contributed by atoms with Crippen LogP contribution in [-0.2, 0) is 142 Å². The highest BCUT2D eigenvalue weighted by molar-refractivity contribution is 7.83. The first-order valence-electron chi connectivity index (χ1n) is 15.3. The number of thiol groups is 1. The van der Waals surface area contributed by atoms with E-state index in [1.807, 2.05) is 0 Å². The molecule has 0 spiro atoms. The Morgan fingerprint density at radius 2 is 0.896 bits per heavy atom. The summed E-state index contributed by atoms with van der Waals surface area (Å²) in [7, 11) is -54.8. The van der Waals surface area contributed by atoms with Crippen LogP contribution >= 0.6 is 12.6 Å². The lowest BCUT2D eigenvalue weighted by Crippen LogP contribution is -2.68. The summed E-state index contributed by atoms with van der Waals surface area (Å²) in [5.41, 5.74) is -1.54. The molecule has 2 fully saturated rings. The van der Waals surface area contributed by atoms with Crippen LogP contribution in [0.2, 0.25) is 0 Å². The van der Waals surface area contributed by atoms with E-state index < -0.39 is 184 Å². The van der Waals surface area contributed by atoms with Crippen LogP contribution in [0, 0.1) is 0 Å². The molecule has 392 valence electrons. The Balaban J connectivity index is 2.57. The van der Waals surface area contributed by atoms with E-state index in [-0.39, 0.29) is 12.1 Å². The van der Waals surface area contributed by atoms with Crippen molar-refractivity contribution in [2.75, 3.05) is 13.2 Å². The van der Waals surface area contributed by atoms with Gasteiger partial charge < -0.3 is 22.6 Å². The largest absolute Gasteiger partial charge is 0.446 e. The summed E-state index contributed by atoms with van der Waals surface area (Å²) in [5.74, 6) is -2.82. The topological polar surface area (TPSA) is 600 Å². The summed E-state index contributed by atoms with van der Waals surface area (Å²) in [5, 5.41) is 0. The van der Waals surface area contributed by atoms with Gasteiger partial charge in [-0.05, 0) is 18.2 Å². The minimum atomic E-state index is -6.41. The Hall–Kier alpha value is -2.04. The number of hydrogen-bond donors (Lipinski definition) is 10. The zero-order chi connectivity index (χ0) is 51.9. The summed E-state index contributed by atoms with van der Waals surface area (Å²) < 4.78 is 353. The lowest BCUT2D eigenvalue weighted by Gasteiger charge is -2.51. The van der Waals surface area contributed by atoms with Gasteiger partial charge in [-0.25, -0.2) is 29.3 Å². The van der Waals surface area contributed by atoms with E-state index in [0.29, 0.717) is 6.07 Å². The molecule has 2 aliphatic rings. The van der Waals surface area contributed by atoms with E-state index in [9.17, 15) is 112 Å². The third-order valence-corrected chi connectivity index (χ3v) is 11.8. The minimum absolute atomic E-state index is 0.0562. The molecule has 0 unspecified atom stereocenters. The first-order chi connectivity index (χ1) is 29.6. The lowest BCUT2D eigenvalue weighted by molar-refractivity contribution is -0.333. The summed E-state index contributed by atoms with van der Waals surface area (Å²) in [6.07, 6.45) is -30.1. The van der Waals surface area contributed by atoms with E-state index in [1.54, 1.807) is 0 Å². The van der Waals surface area contributed by atoms with Crippen molar-refractivity contribution >= 4 is 106 Å². The lowest BCUT2D eigenvalue weighted by atomic mass is 9.89. The van der Waals surface area contributed by atoms with Crippen LogP contribution in [0.15, 0.2) is 18.2 Å². The van der Waals surface area contributed by atoms with Gasteiger partial charge in [-0.1, -0.05) is 0 Å². The molecule has 0 aliphatic carbocycles. The molecular formula is C18H26O39S10. The standard InChI is InChI=1S/C18H26O39S10/c19-59(20,21)46-4-9-12(53-63(31,32)33)13(54-64(34,35)36)15(56-66(40,41)42)17(48-9)49-11-10(5-47-60(22,23)24)50-18(58,16(57-67(43,44)45)14(11)55-65(37,38)39)7-3-6(51-61(25,26)27)1-2-8(7)52-62(28,29)30/h1-3,9-17,58H,4-5H2,(H,19,20,21)(H,22,23,24)(H,25,26,27)(H,28,29,30)(H,31,32,33)(H,34,35,36)(H,37,38,39)(H,40,41,42)(H,43,44,45)/t9-,10-,11-,12-,13+,14+,15-,16-,17-,18+/m1/s1. The molecular weight excluding hydrogens is 1160 g/mol. The molecule has 3 rings (SSSR count). The molecule has 39 nitrogen and oxygen atoms in total. The van der Waals surface area contributed by atoms with Crippen LogP contribution in [0.4, 0.5) is 0 Å². The Bertz CT molecular complexity index is 3020. The third kappa shape index (κ3) is 19.9. The Labute approximate surface area is 381 Å². The van der Waals surface area contributed by atoms with Gasteiger partial charge in [-0.15, -0.1) is 12.6 Å². The summed E-state index contributed by atoms with van der Waals surface area (Å²) in [6, 6.07) is 0.610. The Morgan fingerprint density at radius 1 is 0.478 bits per heavy atom. The van der Waals surface area contributed by atoms with Gasteiger partial charge in [-0.2, -0.15) is 75.8 Å². The predicted molar refractivity (Wildman–Crippen MR) is 197 cm³/mol. The molecule has 0 bridgehead atoms. The molecule has 10 atom stereocenters. The fourth-order valence-electron chi connectivity index (χ4n) is 5.46. The summed E-state index contributed by atoms with van der Waals surface area (Å²) in [6.45, 7) is -4.08. The smallest absolute Gasteiger partial charge is 0.362 e. The SMILES string of the molecule is O=S(=O)(O)OC[C@H]1O[C@H](O[C@H]2[C@H](OS(=O)(=O)O)[C@@H](OS(=O)(=O)O)[C@@](S)(c3cc(OS(=O)(=O)O)ccc3OS(=O)(=O)O)O[C@@H]2COS(=O)(=O)O)[C@H](OS(=O)(=O)O)[C@@H](OS(=O)(=O)O)[C@@H]1OS(=O)(=O)O. The van der Waals surface area contributed by atoms with E-state index in [0.717, 1.165) is 0 Å². The number of hydrogen-bond acceptors (Lipinski definition) is 31. The van der Waals surface area contributed by atoms with Crippen molar-refractivity contribution in [2.24, 2.45) is 0 Å². The molecule has 0 saturated carbocycles. The average molecular weight is 1190 g/mol. The van der Waals surface area contributed by atoms with Crippen molar-refractivity contribution in [2.45, 2.75) is 60.1 Å². The molecule has 2 aliphatic heterocycles. The number of ether oxygens (including phenoxy) is 3. The monoisotopic (exact) mass is 1190 g/mol. The quantitative estimate of drug-likeness (QED) is 0.0360. The van der Waals surface area contributed by atoms with Crippen molar-refractivity contribution < 1.29 is 169 Å². The van der Waals surface area contributed by atoms with E-state index >= 15 is 0 Å². The zero-order valence-corrected chi connectivity index (χ0v) is 39.0. The van der Waals surface area contributed by atoms with Crippen molar-refractivity contribution in [1.82, 2.24) is 0 Å². The van der Waals surface area contributed by atoms with Gasteiger partial charge >= 0.3 is 93.6 Å². The fourth-order valence-corrected chi connectivity index (χ4v) is 9.87. The first kappa shape index (κ1) is 59.3.